The second-order valence-electron chi connectivity index (χ2n) is 8.30. The Morgan fingerprint density at radius 2 is 1.07 bits per heavy atom. The molecule has 2 aliphatic heterocycles. The molecule has 4 nitrogen and oxygen atoms in total. The largest absolute Gasteiger partial charge is 0.359 e. The summed E-state index contributed by atoms with van der Waals surface area (Å²) in [5.74, 6) is 0. The van der Waals surface area contributed by atoms with Gasteiger partial charge in [-0.1, -0.05) is 24.3 Å². The molecular formula is C25H32N4. The standard InChI is InChI=1S/C25H32N4/c1-18-22(9-7-11-24(18)28-15-13-26(5)20(28)3)17-23-10-8-12-25(19(23)2)29-16-14-27(6)21(29)4/h7-16,20-21H,17H2,1-6H3/t20-,21+. The van der Waals surface area contributed by atoms with E-state index in [0.717, 1.165) is 6.42 Å². The Morgan fingerprint density at radius 3 is 1.41 bits per heavy atom. The van der Waals surface area contributed by atoms with E-state index in [9.17, 15) is 0 Å². The average Bonchev–Trinajstić information content (AvgIpc) is 3.21. The third kappa shape index (κ3) is 3.37. The Morgan fingerprint density at radius 1 is 0.655 bits per heavy atom. The van der Waals surface area contributed by atoms with Crippen LogP contribution in [0.1, 0.15) is 36.1 Å². The van der Waals surface area contributed by atoms with Crippen LogP contribution < -0.4 is 9.80 Å². The first kappa shape index (κ1) is 19.4. The molecule has 2 aromatic carbocycles. The maximum absolute atomic E-state index is 2.36. The predicted molar refractivity (Wildman–Crippen MR) is 123 cm³/mol. The summed E-state index contributed by atoms with van der Waals surface area (Å²) in [4.78, 5) is 9.19. The lowest BCUT2D eigenvalue weighted by Gasteiger charge is -2.30. The SMILES string of the molecule is Cc1c(Cc2cccc(N3C=CN(C)[C@@H]3C)c2C)cccc1N1C=CN(C)[C@H]1C. The molecule has 4 heteroatoms. The smallest absolute Gasteiger partial charge is 0.102 e. The van der Waals surface area contributed by atoms with E-state index in [-0.39, 0.29) is 0 Å². The second-order valence-corrected chi connectivity index (χ2v) is 8.30. The monoisotopic (exact) mass is 388 g/mol. The minimum atomic E-state index is 0.342. The summed E-state index contributed by atoms with van der Waals surface area (Å²) >= 11 is 0. The van der Waals surface area contributed by atoms with Crippen molar-refractivity contribution in [3.05, 3.63) is 83.5 Å². The van der Waals surface area contributed by atoms with E-state index >= 15 is 0 Å². The third-order valence-electron chi connectivity index (χ3n) is 6.68. The van der Waals surface area contributed by atoms with Crippen LogP contribution in [0.2, 0.25) is 0 Å². The molecule has 2 aromatic rings. The van der Waals surface area contributed by atoms with Gasteiger partial charge in [-0.3, -0.25) is 0 Å². The van der Waals surface area contributed by atoms with Crippen molar-refractivity contribution in [2.24, 2.45) is 0 Å². The molecule has 0 unspecified atom stereocenters. The minimum Gasteiger partial charge on any atom is -0.359 e. The van der Waals surface area contributed by atoms with Crippen LogP contribution in [-0.2, 0) is 6.42 Å². The summed E-state index contributed by atoms with van der Waals surface area (Å²) in [7, 11) is 4.25. The van der Waals surface area contributed by atoms with Gasteiger partial charge < -0.3 is 19.6 Å². The first-order valence-electron chi connectivity index (χ1n) is 10.4. The van der Waals surface area contributed by atoms with Crippen molar-refractivity contribution in [2.75, 3.05) is 23.9 Å². The molecule has 2 aliphatic rings. The van der Waals surface area contributed by atoms with E-state index < -0.39 is 0 Å². The van der Waals surface area contributed by atoms with E-state index in [1.54, 1.807) is 0 Å². The Bertz CT molecular complexity index is 884. The molecular weight excluding hydrogens is 356 g/mol. The van der Waals surface area contributed by atoms with Crippen LogP contribution in [0.15, 0.2) is 61.2 Å². The minimum absolute atomic E-state index is 0.342. The van der Waals surface area contributed by atoms with Gasteiger partial charge in [0.1, 0.15) is 12.3 Å². The summed E-state index contributed by atoms with van der Waals surface area (Å²) in [6, 6.07) is 13.4. The zero-order valence-electron chi connectivity index (χ0n) is 18.4. The molecule has 0 saturated heterocycles. The van der Waals surface area contributed by atoms with E-state index in [0.29, 0.717) is 12.3 Å². The molecule has 0 saturated carbocycles. The van der Waals surface area contributed by atoms with Crippen LogP contribution in [0, 0.1) is 13.8 Å². The number of nitrogens with zero attached hydrogens (tertiary/aromatic N) is 4. The summed E-state index contributed by atoms with van der Waals surface area (Å²) in [6.07, 6.45) is 10.3. The fourth-order valence-electron chi connectivity index (χ4n) is 4.30. The molecule has 0 N–H and O–H groups in total. The van der Waals surface area contributed by atoms with Crippen LogP contribution in [0.25, 0.3) is 0 Å². The molecule has 2 heterocycles. The van der Waals surface area contributed by atoms with Gasteiger partial charge in [-0.2, -0.15) is 0 Å². The molecule has 0 aromatic heterocycles. The number of hydrogen-bond donors (Lipinski definition) is 0. The van der Waals surface area contributed by atoms with E-state index in [2.05, 4.69) is 123 Å². The van der Waals surface area contributed by atoms with Gasteiger partial charge in [-0.05, 0) is 68.5 Å². The summed E-state index contributed by atoms with van der Waals surface area (Å²) in [5, 5.41) is 0. The molecule has 152 valence electrons. The Hall–Kier alpha value is -2.88. The van der Waals surface area contributed by atoms with Crippen molar-refractivity contribution in [2.45, 2.75) is 46.4 Å². The van der Waals surface area contributed by atoms with Crippen LogP contribution in [-0.4, -0.2) is 36.2 Å². The Balaban J connectivity index is 1.64. The average molecular weight is 389 g/mol. The maximum Gasteiger partial charge on any atom is 0.102 e. The number of benzene rings is 2. The topological polar surface area (TPSA) is 13.0 Å². The first-order valence-corrected chi connectivity index (χ1v) is 10.4. The number of hydrogen-bond acceptors (Lipinski definition) is 4. The fraction of sp³-hybridized carbons (Fsp3) is 0.360. The van der Waals surface area contributed by atoms with Gasteiger partial charge in [0, 0.05) is 50.3 Å². The van der Waals surface area contributed by atoms with E-state index in [1.165, 1.54) is 33.6 Å². The van der Waals surface area contributed by atoms with E-state index in [4.69, 9.17) is 0 Å². The zero-order valence-corrected chi connectivity index (χ0v) is 18.4. The van der Waals surface area contributed by atoms with Gasteiger partial charge in [0.15, 0.2) is 0 Å². The summed E-state index contributed by atoms with van der Waals surface area (Å²) in [5.41, 5.74) is 8.08. The van der Waals surface area contributed by atoms with Gasteiger partial charge in [0.25, 0.3) is 0 Å². The van der Waals surface area contributed by atoms with Gasteiger partial charge in [-0.15, -0.1) is 0 Å². The highest BCUT2D eigenvalue weighted by Gasteiger charge is 2.24. The molecule has 0 bridgehead atoms. The van der Waals surface area contributed by atoms with E-state index in [1.807, 2.05) is 0 Å². The quantitative estimate of drug-likeness (QED) is 0.728. The molecule has 29 heavy (non-hydrogen) atoms. The molecule has 2 atom stereocenters. The molecule has 4 rings (SSSR count). The predicted octanol–water partition coefficient (Wildman–Crippen LogP) is 5.03. The summed E-state index contributed by atoms with van der Waals surface area (Å²) in [6.45, 7) is 8.98. The lowest BCUT2D eigenvalue weighted by Crippen LogP contribution is -2.34. The van der Waals surface area contributed by atoms with Crippen molar-refractivity contribution >= 4 is 11.4 Å². The van der Waals surface area contributed by atoms with Crippen LogP contribution in [0.4, 0.5) is 11.4 Å². The van der Waals surface area contributed by atoms with Gasteiger partial charge in [0.2, 0.25) is 0 Å². The third-order valence-corrected chi connectivity index (χ3v) is 6.68. The van der Waals surface area contributed by atoms with Gasteiger partial charge in [-0.25, -0.2) is 0 Å². The van der Waals surface area contributed by atoms with Gasteiger partial charge >= 0.3 is 0 Å². The Labute approximate surface area is 175 Å². The van der Waals surface area contributed by atoms with Crippen LogP contribution in [0.5, 0.6) is 0 Å². The number of rotatable bonds is 4. The highest BCUT2D eigenvalue weighted by Crippen LogP contribution is 2.33. The highest BCUT2D eigenvalue weighted by atomic mass is 15.4. The number of anilines is 2. The maximum atomic E-state index is 2.36. The first-order chi connectivity index (χ1) is 13.9. The highest BCUT2D eigenvalue weighted by molar-refractivity contribution is 5.63. The van der Waals surface area contributed by atoms with Crippen molar-refractivity contribution < 1.29 is 0 Å². The van der Waals surface area contributed by atoms with Crippen LogP contribution >= 0.6 is 0 Å². The molecule has 0 aliphatic carbocycles. The van der Waals surface area contributed by atoms with Crippen LogP contribution in [0.3, 0.4) is 0 Å². The Kier molecular flexibility index (Phi) is 5.03. The summed E-state index contributed by atoms with van der Waals surface area (Å²) < 4.78 is 0. The van der Waals surface area contributed by atoms with Crippen molar-refractivity contribution in [3.8, 4) is 0 Å². The normalized spacial score (nSPS) is 21.0. The molecule has 0 radical (unpaired) electrons. The van der Waals surface area contributed by atoms with Crippen molar-refractivity contribution in [1.82, 2.24) is 9.80 Å². The zero-order chi connectivity index (χ0) is 20.7. The van der Waals surface area contributed by atoms with Crippen molar-refractivity contribution in [1.29, 1.82) is 0 Å². The van der Waals surface area contributed by atoms with Crippen molar-refractivity contribution in [3.63, 3.8) is 0 Å². The molecule has 0 fully saturated rings. The molecule has 0 amide bonds. The molecule has 0 spiro atoms. The van der Waals surface area contributed by atoms with Gasteiger partial charge in [0.05, 0.1) is 0 Å². The lowest BCUT2D eigenvalue weighted by molar-refractivity contribution is 0.383. The lowest BCUT2D eigenvalue weighted by atomic mass is 9.95. The second kappa shape index (κ2) is 7.51. The fourth-order valence-corrected chi connectivity index (χ4v) is 4.30.